The summed E-state index contributed by atoms with van der Waals surface area (Å²) in [6.45, 7) is 6.73. The summed E-state index contributed by atoms with van der Waals surface area (Å²) in [5.74, 6) is -0.0965. The van der Waals surface area contributed by atoms with Crippen LogP contribution in [0.4, 0.5) is 5.69 Å². The molecule has 1 saturated heterocycles. The zero-order valence-corrected chi connectivity index (χ0v) is 18.2. The molecule has 0 radical (unpaired) electrons. The van der Waals surface area contributed by atoms with Gasteiger partial charge in [-0.3, -0.25) is 14.6 Å². The molecule has 5 nitrogen and oxygen atoms in total. The topological polar surface area (TPSA) is 61.6 Å². The smallest absolute Gasteiger partial charge is 0.253 e. The van der Waals surface area contributed by atoms with E-state index in [2.05, 4.69) is 45.4 Å². The number of carbonyl (C=O) groups is 1. The molecule has 3 N–H and O–H groups in total. The Morgan fingerprint density at radius 3 is 2.07 bits per heavy atom. The molecule has 1 aliphatic heterocycles. The lowest BCUT2D eigenvalue weighted by Gasteiger charge is -2.34. The highest BCUT2D eigenvalue weighted by Crippen LogP contribution is 2.10. The summed E-state index contributed by atoms with van der Waals surface area (Å²) in [4.78, 5) is 17.0. The van der Waals surface area contributed by atoms with Gasteiger partial charge < -0.3 is 11.1 Å². The molecular weight excluding hydrogens is 419 g/mol. The molecule has 0 spiro atoms. The molecule has 1 amide bonds. The van der Waals surface area contributed by atoms with Gasteiger partial charge in [0.15, 0.2) is 0 Å². The van der Waals surface area contributed by atoms with Crippen LogP contribution in [0, 0.1) is 0 Å². The van der Waals surface area contributed by atoms with Crippen molar-refractivity contribution >= 4 is 48.8 Å². The number of hydrogen-bond acceptors (Lipinski definition) is 4. The zero-order valence-electron chi connectivity index (χ0n) is 15.8. The number of anilines is 1. The van der Waals surface area contributed by atoms with E-state index < -0.39 is 0 Å². The number of benzene rings is 2. The monoisotopic (exact) mass is 446 g/mol. The van der Waals surface area contributed by atoms with Gasteiger partial charge in [0.1, 0.15) is 0 Å². The summed E-state index contributed by atoms with van der Waals surface area (Å²) >= 11 is 0. The normalized spacial score (nSPS) is 14.1. The van der Waals surface area contributed by atoms with Crippen LogP contribution in [-0.4, -0.2) is 55.0 Å². The van der Waals surface area contributed by atoms with Crippen molar-refractivity contribution in [1.29, 1.82) is 0 Å². The van der Waals surface area contributed by atoms with Crippen LogP contribution >= 0.6 is 37.2 Å². The van der Waals surface area contributed by atoms with Crippen LogP contribution in [0.25, 0.3) is 0 Å². The van der Waals surface area contributed by atoms with E-state index in [0.717, 1.165) is 39.3 Å². The number of para-hydroxylation sites is 1. The highest BCUT2D eigenvalue weighted by Gasteiger charge is 2.17. The minimum absolute atomic E-state index is 0. The first-order valence-electron chi connectivity index (χ1n) is 8.84. The summed E-state index contributed by atoms with van der Waals surface area (Å²) in [6, 6.07) is 17.8. The van der Waals surface area contributed by atoms with Gasteiger partial charge in [0.25, 0.3) is 5.91 Å². The average molecular weight is 448 g/mol. The second-order valence-electron chi connectivity index (χ2n) is 6.45. The minimum atomic E-state index is -0.0965. The van der Waals surface area contributed by atoms with E-state index in [4.69, 9.17) is 5.73 Å². The number of halogens is 3. The van der Waals surface area contributed by atoms with Crippen LogP contribution < -0.4 is 11.1 Å². The predicted octanol–water partition coefficient (Wildman–Crippen LogP) is 3.08. The highest BCUT2D eigenvalue weighted by molar-refractivity contribution is 5.99. The van der Waals surface area contributed by atoms with E-state index in [1.54, 1.807) is 12.1 Å². The van der Waals surface area contributed by atoms with Gasteiger partial charge in [-0.2, -0.15) is 0 Å². The van der Waals surface area contributed by atoms with Crippen molar-refractivity contribution in [1.82, 2.24) is 15.1 Å². The van der Waals surface area contributed by atoms with E-state index in [1.807, 2.05) is 12.1 Å². The first-order chi connectivity index (χ1) is 12.2. The SMILES string of the molecule is Cl.Cl.Cl.Nc1ccccc1C(=O)NCCN1CCN(Cc2ccccc2)CC1. The van der Waals surface area contributed by atoms with Crippen LogP contribution in [0.5, 0.6) is 0 Å². The maximum atomic E-state index is 12.1. The molecule has 28 heavy (non-hydrogen) atoms. The molecule has 2 aromatic carbocycles. The lowest BCUT2D eigenvalue weighted by atomic mass is 10.1. The Hall–Kier alpha value is -1.50. The molecular formula is C20H29Cl3N4O. The Kier molecular flexibility index (Phi) is 12.9. The van der Waals surface area contributed by atoms with Gasteiger partial charge in [-0.1, -0.05) is 42.5 Å². The molecule has 0 bridgehead atoms. The number of hydrogen-bond donors (Lipinski definition) is 2. The Balaban J connectivity index is 0.00000243. The fraction of sp³-hybridized carbons (Fsp3) is 0.350. The maximum absolute atomic E-state index is 12.1. The number of nitrogens with zero attached hydrogens (tertiary/aromatic N) is 2. The second-order valence-corrected chi connectivity index (χ2v) is 6.45. The Labute approximate surface area is 185 Å². The lowest BCUT2D eigenvalue weighted by Crippen LogP contribution is -2.48. The number of amides is 1. The number of carbonyl (C=O) groups excluding carboxylic acids is 1. The summed E-state index contributed by atoms with van der Waals surface area (Å²) < 4.78 is 0. The number of nitrogen functional groups attached to an aromatic ring is 1. The first-order valence-corrected chi connectivity index (χ1v) is 8.84. The quantitative estimate of drug-likeness (QED) is 0.668. The van der Waals surface area contributed by atoms with E-state index in [1.165, 1.54) is 5.56 Å². The Bertz CT molecular complexity index is 695. The van der Waals surface area contributed by atoms with Crippen LogP contribution in [0.2, 0.25) is 0 Å². The van der Waals surface area contributed by atoms with Crippen molar-refractivity contribution in [3.8, 4) is 0 Å². The van der Waals surface area contributed by atoms with Crippen LogP contribution in [-0.2, 0) is 6.54 Å². The average Bonchev–Trinajstić information content (AvgIpc) is 2.64. The summed E-state index contributed by atoms with van der Waals surface area (Å²) in [5.41, 5.74) is 8.28. The largest absolute Gasteiger partial charge is 0.398 e. The van der Waals surface area contributed by atoms with Crippen molar-refractivity contribution in [2.24, 2.45) is 0 Å². The van der Waals surface area contributed by atoms with Gasteiger partial charge >= 0.3 is 0 Å². The van der Waals surface area contributed by atoms with Gasteiger partial charge in [-0.15, -0.1) is 37.2 Å². The van der Waals surface area contributed by atoms with Crippen LogP contribution in [0.1, 0.15) is 15.9 Å². The third-order valence-electron chi connectivity index (χ3n) is 4.63. The van der Waals surface area contributed by atoms with Gasteiger partial charge in [0, 0.05) is 51.5 Å². The molecule has 1 aliphatic rings. The molecule has 156 valence electrons. The summed E-state index contributed by atoms with van der Waals surface area (Å²) in [5, 5.41) is 2.96. The Morgan fingerprint density at radius 2 is 1.43 bits per heavy atom. The van der Waals surface area contributed by atoms with Crippen LogP contribution in [0.3, 0.4) is 0 Å². The number of rotatable bonds is 6. The molecule has 0 atom stereocenters. The molecule has 3 rings (SSSR count). The number of nitrogens with one attached hydrogen (secondary N) is 1. The number of piperazine rings is 1. The molecule has 0 aliphatic carbocycles. The molecule has 0 unspecified atom stereocenters. The highest BCUT2D eigenvalue weighted by atomic mass is 35.5. The standard InChI is InChI=1S/C20H26N4O.3ClH/c21-19-9-5-4-8-18(19)20(25)22-10-11-23-12-14-24(15-13-23)16-17-6-2-1-3-7-17;;;/h1-9H,10-16,21H2,(H,22,25);3*1H. The van der Waals surface area contributed by atoms with Crippen molar-refractivity contribution in [2.75, 3.05) is 45.0 Å². The van der Waals surface area contributed by atoms with Gasteiger partial charge in [-0.25, -0.2) is 0 Å². The fourth-order valence-electron chi connectivity index (χ4n) is 3.14. The summed E-state index contributed by atoms with van der Waals surface area (Å²) in [7, 11) is 0. The minimum Gasteiger partial charge on any atom is -0.398 e. The molecule has 0 aromatic heterocycles. The number of nitrogens with two attached hydrogens (primary N) is 1. The molecule has 1 heterocycles. The van der Waals surface area contributed by atoms with Gasteiger partial charge in [0.2, 0.25) is 0 Å². The maximum Gasteiger partial charge on any atom is 0.253 e. The summed E-state index contributed by atoms with van der Waals surface area (Å²) in [6.07, 6.45) is 0. The molecule has 1 fully saturated rings. The fourth-order valence-corrected chi connectivity index (χ4v) is 3.14. The van der Waals surface area contributed by atoms with E-state index >= 15 is 0 Å². The van der Waals surface area contributed by atoms with E-state index in [9.17, 15) is 4.79 Å². The van der Waals surface area contributed by atoms with E-state index in [-0.39, 0.29) is 43.1 Å². The molecule has 2 aromatic rings. The molecule has 8 heteroatoms. The van der Waals surface area contributed by atoms with Crippen molar-refractivity contribution in [3.63, 3.8) is 0 Å². The van der Waals surface area contributed by atoms with Gasteiger partial charge in [0.05, 0.1) is 5.56 Å². The third kappa shape index (κ3) is 7.86. The Morgan fingerprint density at radius 1 is 0.857 bits per heavy atom. The van der Waals surface area contributed by atoms with E-state index in [0.29, 0.717) is 17.8 Å². The van der Waals surface area contributed by atoms with Crippen LogP contribution in [0.15, 0.2) is 54.6 Å². The van der Waals surface area contributed by atoms with Crippen molar-refractivity contribution in [2.45, 2.75) is 6.54 Å². The van der Waals surface area contributed by atoms with Crippen molar-refractivity contribution in [3.05, 3.63) is 65.7 Å². The third-order valence-corrected chi connectivity index (χ3v) is 4.63. The second kappa shape index (κ2) is 13.6. The van der Waals surface area contributed by atoms with Gasteiger partial charge in [-0.05, 0) is 17.7 Å². The zero-order chi connectivity index (χ0) is 17.5. The predicted molar refractivity (Wildman–Crippen MR) is 123 cm³/mol. The van der Waals surface area contributed by atoms with Crippen molar-refractivity contribution < 1.29 is 4.79 Å². The molecule has 0 saturated carbocycles. The first kappa shape index (κ1) is 26.5. The lowest BCUT2D eigenvalue weighted by molar-refractivity contribution is 0.0935.